The summed E-state index contributed by atoms with van der Waals surface area (Å²) in [5, 5.41) is -1.66. The van der Waals surface area contributed by atoms with Crippen molar-refractivity contribution in [2.45, 2.75) is 78.0 Å². The fourth-order valence-corrected chi connectivity index (χ4v) is 4.75. The lowest BCUT2D eigenvalue weighted by molar-refractivity contribution is -0.157. The number of esters is 1. The molecule has 1 saturated carbocycles. The van der Waals surface area contributed by atoms with Crippen LogP contribution in [0.4, 0.5) is 0 Å². The maximum Gasteiger partial charge on any atom is 0.332 e. The van der Waals surface area contributed by atoms with E-state index < -0.39 is 25.2 Å². The number of carbonyl (C=O) groups excluding carboxylic acids is 2. The second kappa shape index (κ2) is 7.60. The monoisotopic (exact) mass is 376 g/mol. The van der Waals surface area contributed by atoms with Crippen molar-refractivity contribution in [3.05, 3.63) is 34.4 Å². The van der Waals surface area contributed by atoms with E-state index in [4.69, 9.17) is 4.74 Å². The molecule has 2 rings (SSSR count). The Kier molecular flexibility index (Phi) is 6.07. The van der Waals surface area contributed by atoms with Crippen molar-refractivity contribution in [2.75, 3.05) is 0 Å². The van der Waals surface area contributed by atoms with E-state index in [1.165, 1.54) is 0 Å². The number of Topliss-reactive ketones (excluding diaryl/α,β-unsaturated/α-hetero) is 1. The van der Waals surface area contributed by atoms with Gasteiger partial charge in [0.05, 0.1) is 0 Å². The van der Waals surface area contributed by atoms with Crippen LogP contribution in [0.25, 0.3) is 0 Å². The van der Waals surface area contributed by atoms with Gasteiger partial charge in [-0.15, -0.1) is 0 Å². The van der Waals surface area contributed by atoms with Crippen molar-refractivity contribution in [1.29, 1.82) is 0 Å². The zero-order chi connectivity index (χ0) is 19.7. The van der Waals surface area contributed by atoms with Crippen LogP contribution in [0.3, 0.4) is 0 Å². The van der Waals surface area contributed by atoms with Gasteiger partial charge in [0.2, 0.25) is 5.16 Å². The average Bonchev–Trinajstić information content (AvgIpc) is 3.00. The van der Waals surface area contributed by atoms with Gasteiger partial charge in [-0.3, -0.25) is 14.2 Å². The van der Waals surface area contributed by atoms with E-state index in [2.05, 4.69) is 0 Å². The molecular weight excluding hydrogens is 347 g/mol. The minimum atomic E-state index is -1.66. The third-order valence-corrected chi connectivity index (χ3v) is 6.09. The Hall–Kier alpha value is -1.54. The molecule has 0 radical (unpaired) electrons. The topological polar surface area (TPSA) is 60.4 Å². The molecule has 0 amide bonds. The average molecular weight is 376 g/mol. The first kappa shape index (κ1) is 20.8. The third-order valence-electron chi connectivity index (χ3n) is 5.05. The Morgan fingerprint density at radius 2 is 1.54 bits per heavy atom. The predicted molar refractivity (Wildman–Crippen MR) is 103 cm³/mol. The van der Waals surface area contributed by atoms with Gasteiger partial charge >= 0.3 is 5.97 Å². The molecule has 1 aliphatic rings. The number of hydrogen-bond acceptors (Lipinski definition) is 4. The number of aryl methyl sites for hydroxylation is 3. The zero-order valence-electron chi connectivity index (χ0n) is 16.6. The summed E-state index contributed by atoms with van der Waals surface area (Å²) in [6.07, 6.45) is 3.29. The Balaban J connectivity index is 2.62. The second-order valence-corrected chi connectivity index (χ2v) is 9.33. The van der Waals surface area contributed by atoms with Crippen LogP contribution in [0.15, 0.2) is 12.1 Å². The minimum absolute atomic E-state index is 0.260. The predicted octanol–water partition coefficient (Wildman–Crippen LogP) is 5.36. The molecule has 1 aliphatic carbocycles. The van der Waals surface area contributed by atoms with Gasteiger partial charge in [-0.2, -0.15) is 0 Å². The third kappa shape index (κ3) is 3.91. The lowest BCUT2D eigenvalue weighted by atomic mass is 9.80. The fourth-order valence-electron chi connectivity index (χ4n) is 4.03. The molecule has 1 fully saturated rings. The highest BCUT2D eigenvalue weighted by molar-refractivity contribution is 7.30. The summed E-state index contributed by atoms with van der Waals surface area (Å²) in [5.74, 6) is -1.30. The van der Waals surface area contributed by atoms with Crippen molar-refractivity contribution in [2.24, 2.45) is 5.92 Å². The maximum atomic E-state index is 13.7. The number of ketones is 1. The van der Waals surface area contributed by atoms with Crippen molar-refractivity contribution in [1.82, 2.24) is 0 Å². The summed E-state index contributed by atoms with van der Waals surface area (Å²) < 4.78 is 18.0. The van der Waals surface area contributed by atoms with Crippen LogP contribution in [-0.2, 0) is 14.1 Å². The number of ether oxygens (including phenoxy) is 1. The number of rotatable bonds is 5. The summed E-state index contributed by atoms with van der Waals surface area (Å²) in [6, 6.07) is 3.85. The molecule has 0 N–H and O–H groups in total. The molecule has 5 heteroatoms. The van der Waals surface area contributed by atoms with Crippen LogP contribution in [0.2, 0.25) is 0 Å². The number of hydrogen-bond donors (Lipinski definition) is 0. The van der Waals surface area contributed by atoms with Crippen LogP contribution in [0, 0.1) is 26.7 Å². The molecule has 1 unspecified atom stereocenters. The Morgan fingerprint density at radius 1 is 1.04 bits per heavy atom. The van der Waals surface area contributed by atoms with Gasteiger partial charge < -0.3 is 4.74 Å². The molecule has 0 saturated heterocycles. The quantitative estimate of drug-likeness (QED) is 0.300. The van der Waals surface area contributed by atoms with Crippen molar-refractivity contribution < 1.29 is 18.9 Å². The molecule has 1 aromatic carbocycles. The molecule has 0 aliphatic heterocycles. The second-order valence-electron chi connectivity index (χ2n) is 8.44. The Bertz CT molecular complexity index is 703. The van der Waals surface area contributed by atoms with Crippen LogP contribution in [-0.4, -0.2) is 22.5 Å². The maximum absolute atomic E-state index is 13.7. The van der Waals surface area contributed by atoms with Gasteiger partial charge in [0.1, 0.15) is 5.60 Å². The van der Waals surface area contributed by atoms with Gasteiger partial charge in [-0.05, 0) is 71.4 Å². The first-order valence-electron chi connectivity index (χ1n) is 9.23. The van der Waals surface area contributed by atoms with Crippen molar-refractivity contribution >= 4 is 20.2 Å². The van der Waals surface area contributed by atoms with Gasteiger partial charge in [0, 0.05) is 5.56 Å². The summed E-state index contributed by atoms with van der Waals surface area (Å²) in [5.41, 5.74) is 2.42. The standard InChI is InChI=1S/C21H29O4P/c1-13-11-14(2)17(15(3)12-13)18(22)21(26-24,16-9-7-8-10-16)19(23)25-20(4,5)6/h11-12,16H,7-10H2,1-6H3. The molecular formula is C21H29O4P. The molecule has 142 valence electrons. The molecule has 26 heavy (non-hydrogen) atoms. The zero-order valence-corrected chi connectivity index (χ0v) is 17.5. The molecule has 1 aromatic rings. The summed E-state index contributed by atoms with van der Waals surface area (Å²) in [6.45, 7) is 11.0. The van der Waals surface area contributed by atoms with Gasteiger partial charge in [0.15, 0.2) is 14.2 Å². The minimum Gasteiger partial charge on any atom is -0.459 e. The van der Waals surface area contributed by atoms with E-state index in [0.717, 1.165) is 29.5 Å². The largest absolute Gasteiger partial charge is 0.459 e. The van der Waals surface area contributed by atoms with Crippen molar-refractivity contribution in [3.63, 3.8) is 0 Å². The molecule has 0 aromatic heterocycles. The van der Waals surface area contributed by atoms with Gasteiger partial charge in [-0.1, -0.05) is 30.5 Å². The fraction of sp³-hybridized carbons (Fsp3) is 0.619. The molecule has 0 bridgehead atoms. The van der Waals surface area contributed by atoms with Crippen LogP contribution in [0.1, 0.15) is 73.5 Å². The highest BCUT2D eigenvalue weighted by Crippen LogP contribution is 2.46. The normalized spacial score (nSPS) is 17.9. The van der Waals surface area contributed by atoms with E-state index in [9.17, 15) is 14.2 Å². The highest BCUT2D eigenvalue weighted by Gasteiger charge is 2.56. The Labute approximate surface area is 157 Å². The molecule has 0 heterocycles. The van der Waals surface area contributed by atoms with Crippen LogP contribution in [0.5, 0.6) is 0 Å². The number of carbonyl (C=O) groups is 2. The highest BCUT2D eigenvalue weighted by atomic mass is 31.1. The summed E-state index contributed by atoms with van der Waals surface area (Å²) in [4.78, 5) is 26.8. The van der Waals surface area contributed by atoms with Crippen LogP contribution >= 0.6 is 8.46 Å². The number of benzene rings is 1. The SMILES string of the molecule is Cc1cc(C)c(C(=O)C(P=O)(C(=O)OC(C)(C)C)C2CCCC2)c(C)c1. The first-order valence-corrected chi connectivity index (χ1v) is 10.0. The van der Waals surface area contributed by atoms with E-state index in [-0.39, 0.29) is 11.7 Å². The van der Waals surface area contributed by atoms with Gasteiger partial charge in [-0.25, -0.2) is 0 Å². The molecule has 0 spiro atoms. The Morgan fingerprint density at radius 3 is 1.96 bits per heavy atom. The first-order chi connectivity index (χ1) is 12.0. The lowest BCUT2D eigenvalue weighted by Gasteiger charge is -2.33. The molecule has 4 nitrogen and oxygen atoms in total. The van der Waals surface area contributed by atoms with E-state index in [1.807, 2.05) is 32.9 Å². The van der Waals surface area contributed by atoms with E-state index in [0.29, 0.717) is 18.4 Å². The van der Waals surface area contributed by atoms with Crippen LogP contribution < -0.4 is 0 Å². The smallest absolute Gasteiger partial charge is 0.332 e. The summed E-state index contributed by atoms with van der Waals surface area (Å²) >= 11 is 0. The van der Waals surface area contributed by atoms with Crippen molar-refractivity contribution in [3.8, 4) is 0 Å². The van der Waals surface area contributed by atoms with Gasteiger partial charge in [0.25, 0.3) is 0 Å². The summed E-state index contributed by atoms with van der Waals surface area (Å²) in [7, 11) is -0.473. The molecule has 1 atom stereocenters. The lowest BCUT2D eigenvalue weighted by Crippen LogP contribution is -2.50. The van der Waals surface area contributed by atoms with E-state index in [1.54, 1.807) is 20.8 Å². The van der Waals surface area contributed by atoms with E-state index >= 15 is 0 Å².